The average Bonchev–Trinajstić information content (AvgIpc) is 2.73. The third-order valence-corrected chi connectivity index (χ3v) is 5.08. The van der Waals surface area contributed by atoms with Gasteiger partial charge in [0.05, 0.1) is 5.02 Å². The van der Waals surface area contributed by atoms with Gasteiger partial charge in [-0.2, -0.15) is 0 Å². The fourth-order valence-corrected chi connectivity index (χ4v) is 3.22. The summed E-state index contributed by atoms with van der Waals surface area (Å²) in [5.41, 5.74) is 4.70. The molecule has 0 aliphatic rings. The van der Waals surface area contributed by atoms with Crippen molar-refractivity contribution >= 4 is 24.2 Å². The Balaban J connectivity index is 1.69. The highest BCUT2D eigenvalue weighted by Crippen LogP contribution is 2.27. The molecule has 0 saturated heterocycles. The van der Waals surface area contributed by atoms with E-state index < -0.39 is 0 Å². The maximum absolute atomic E-state index is 10.9. The van der Waals surface area contributed by atoms with Crippen molar-refractivity contribution in [3.63, 3.8) is 0 Å². The topological polar surface area (TPSA) is 52.6 Å². The minimum atomic E-state index is 0.307. The van der Waals surface area contributed by atoms with Gasteiger partial charge in [-0.1, -0.05) is 29.8 Å². The molecule has 0 unspecified atom stereocenters. The summed E-state index contributed by atoms with van der Waals surface area (Å²) in [6, 6.07) is 16.3. The van der Waals surface area contributed by atoms with Crippen LogP contribution in [-0.2, 0) is 13.2 Å². The largest absolute Gasteiger partial charge is 0.489 e. The van der Waals surface area contributed by atoms with Crippen LogP contribution < -0.4 is 9.47 Å². The van der Waals surface area contributed by atoms with E-state index in [-0.39, 0.29) is 0 Å². The van der Waals surface area contributed by atoms with Crippen molar-refractivity contribution in [2.24, 2.45) is 0 Å². The minimum absolute atomic E-state index is 0.307. The average molecular weight is 409 g/mol. The van der Waals surface area contributed by atoms with Crippen LogP contribution in [0.3, 0.4) is 0 Å². The Morgan fingerprint density at radius 1 is 0.759 bits per heavy atom. The lowest BCUT2D eigenvalue weighted by molar-refractivity contribution is 0.111. The third kappa shape index (κ3) is 5.04. The number of hydrogen-bond acceptors (Lipinski definition) is 4. The summed E-state index contributed by atoms with van der Waals surface area (Å²) >= 11 is 6.56. The van der Waals surface area contributed by atoms with Crippen LogP contribution >= 0.6 is 11.6 Å². The summed E-state index contributed by atoms with van der Waals surface area (Å²) in [5, 5.41) is 0.594. The summed E-state index contributed by atoms with van der Waals surface area (Å²) < 4.78 is 11.8. The second-order valence-electron chi connectivity index (χ2n) is 6.75. The number of aldehydes is 2. The number of ether oxygens (including phenoxy) is 2. The quantitative estimate of drug-likeness (QED) is 0.446. The minimum Gasteiger partial charge on any atom is -0.489 e. The van der Waals surface area contributed by atoms with Gasteiger partial charge in [0.25, 0.3) is 0 Å². The van der Waals surface area contributed by atoms with E-state index in [2.05, 4.69) is 0 Å². The first-order valence-electron chi connectivity index (χ1n) is 9.15. The highest BCUT2D eigenvalue weighted by molar-refractivity contribution is 6.32. The number of benzene rings is 3. The summed E-state index contributed by atoms with van der Waals surface area (Å²) in [7, 11) is 0. The zero-order chi connectivity index (χ0) is 20.8. The zero-order valence-electron chi connectivity index (χ0n) is 16.3. The van der Waals surface area contributed by atoms with Crippen molar-refractivity contribution in [3.05, 3.63) is 93.0 Å². The number of aryl methyl sites for hydroxylation is 2. The van der Waals surface area contributed by atoms with Crippen molar-refractivity contribution in [3.8, 4) is 11.5 Å². The number of carbonyl (C=O) groups excluding carboxylic acids is 2. The van der Waals surface area contributed by atoms with E-state index in [0.717, 1.165) is 34.8 Å². The first-order valence-corrected chi connectivity index (χ1v) is 9.53. The molecule has 148 valence electrons. The molecule has 0 saturated carbocycles. The molecule has 0 bridgehead atoms. The molecule has 0 N–H and O–H groups in total. The van der Waals surface area contributed by atoms with Crippen LogP contribution in [0, 0.1) is 13.8 Å². The lowest BCUT2D eigenvalue weighted by Gasteiger charge is -2.14. The van der Waals surface area contributed by atoms with Crippen molar-refractivity contribution in [2.45, 2.75) is 27.1 Å². The molecule has 0 atom stereocenters. The third-order valence-electron chi connectivity index (χ3n) is 4.60. The highest BCUT2D eigenvalue weighted by atomic mass is 35.5. The van der Waals surface area contributed by atoms with Gasteiger partial charge in [-0.05, 0) is 61.4 Å². The van der Waals surface area contributed by atoms with E-state index in [9.17, 15) is 9.59 Å². The summed E-state index contributed by atoms with van der Waals surface area (Å²) in [4.78, 5) is 21.7. The molecule has 5 heteroatoms. The van der Waals surface area contributed by atoms with E-state index in [0.29, 0.717) is 40.9 Å². The second-order valence-corrected chi connectivity index (χ2v) is 7.13. The molecule has 0 fully saturated rings. The summed E-state index contributed by atoms with van der Waals surface area (Å²) in [6.45, 7) is 4.40. The van der Waals surface area contributed by atoms with Gasteiger partial charge in [0.15, 0.2) is 0 Å². The van der Waals surface area contributed by atoms with E-state index in [4.69, 9.17) is 21.1 Å². The van der Waals surface area contributed by atoms with Crippen LogP contribution in [0.5, 0.6) is 11.5 Å². The molecule has 0 heterocycles. The van der Waals surface area contributed by atoms with Crippen LogP contribution in [0.1, 0.15) is 43.0 Å². The summed E-state index contributed by atoms with van der Waals surface area (Å²) in [6.07, 6.45) is 1.62. The maximum atomic E-state index is 10.9. The molecule has 0 radical (unpaired) electrons. The Hall–Kier alpha value is -3.11. The monoisotopic (exact) mass is 408 g/mol. The Morgan fingerprint density at radius 2 is 1.21 bits per heavy atom. The lowest BCUT2D eigenvalue weighted by atomic mass is 10.1. The molecule has 4 nitrogen and oxygen atoms in total. The number of rotatable bonds is 8. The molecule has 0 aliphatic carbocycles. The normalized spacial score (nSPS) is 10.4. The van der Waals surface area contributed by atoms with Gasteiger partial charge in [-0.25, -0.2) is 0 Å². The molecule has 29 heavy (non-hydrogen) atoms. The van der Waals surface area contributed by atoms with Crippen molar-refractivity contribution < 1.29 is 19.1 Å². The van der Waals surface area contributed by atoms with Crippen LogP contribution in [0.2, 0.25) is 5.02 Å². The maximum Gasteiger partial charge on any atom is 0.150 e. The van der Waals surface area contributed by atoms with Crippen molar-refractivity contribution in [1.82, 2.24) is 0 Å². The van der Waals surface area contributed by atoms with E-state index in [1.807, 2.05) is 32.0 Å². The van der Waals surface area contributed by atoms with Gasteiger partial charge in [-0.3, -0.25) is 9.59 Å². The van der Waals surface area contributed by atoms with Crippen LogP contribution in [-0.4, -0.2) is 12.6 Å². The van der Waals surface area contributed by atoms with Crippen LogP contribution in [0.15, 0.2) is 54.6 Å². The Morgan fingerprint density at radius 3 is 1.59 bits per heavy atom. The van der Waals surface area contributed by atoms with Crippen molar-refractivity contribution in [2.75, 3.05) is 0 Å². The standard InChI is InChI=1S/C24H21ClO4/c1-16-10-18(12-26)6-8-22(16)28-14-20-4-3-5-21(24(20)25)15-29-23-9-7-19(13-27)11-17(23)2/h3-13H,14-15H2,1-2H3. The van der Waals surface area contributed by atoms with Gasteiger partial charge in [-0.15, -0.1) is 0 Å². The Bertz CT molecular complexity index is 963. The predicted molar refractivity (Wildman–Crippen MR) is 113 cm³/mol. The SMILES string of the molecule is Cc1cc(C=O)ccc1OCc1cccc(COc2ccc(C=O)cc2C)c1Cl. The lowest BCUT2D eigenvalue weighted by Crippen LogP contribution is -2.03. The fourth-order valence-electron chi connectivity index (χ4n) is 2.98. The van der Waals surface area contributed by atoms with Gasteiger partial charge in [0.2, 0.25) is 0 Å². The number of carbonyl (C=O) groups is 2. The van der Waals surface area contributed by atoms with Gasteiger partial charge >= 0.3 is 0 Å². The molecule has 0 amide bonds. The smallest absolute Gasteiger partial charge is 0.150 e. The second kappa shape index (κ2) is 9.39. The molecule has 3 aromatic rings. The molecular formula is C24H21ClO4. The van der Waals surface area contributed by atoms with Gasteiger partial charge in [0, 0.05) is 22.3 Å². The zero-order valence-corrected chi connectivity index (χ0v) is 17.0. The fraction of sp³-hybridized carbons (Fsp3) is 0.167. The van der Waals surface area contributed by atoms with E-state index >= 15 is 0 Å². The molecule has 0 aromatic heterocycles. The molecule has 0 aliphatic heterocycles. The molecule has 0 spiro atoms. The van der Waals surface area contributed by atoms with Crippen molar-refractivity contribution in [1.29, 1.82) is 0 Å². The first kappa shape index (κ1) is 20.6. The number of hydrogen-bond donors (Lipinski definition) is 0. The van der Waals surface area contributed by atoms with E-state index in [1.165, 1.54) is 0 Å². The van der Waals surface area contributed by atoms with Gasteiger partial charge in [0.1, 0.15) is 37.3 Å². The number of halogens is 1. The summed E-state index contributed by atoms with van der Waals surface area (Å²) in [5.74, 6) is 1.42. The van der Waals surface area contributed by atoms with Crippen LogP contribution in [0.4, 0.5) is 0 Å². The highest BCUT2D eigenvalue weighted by Gasteiger charge is 2.10. The first-order chi connectivity index (χ1) is 14.0. The van der Waals surface area contributed by atoms with Crippen LogP contribution in [0.25, 0.3) is 0 Å². The molecule has 3 rings (SSSR count). The van der Waals surface area contributed by atoms with E-state index in [1.54, 1.807) is 36.4 Å². The predicted octanol–water partition coefficient (Wildman–Crippen LogP) is 5.74. The Kier molecular flexibility index (Phi) is 6.68. The molecule has 3 aromatic carbocycles. The Labute approximate surface area is 175 Å². The molecular weight excluding hydrogens is 388 g/mol. The van der Waals surface area contributed by atoms with Gasteiger partial charge < -0.3 is 9.47 Å².